The second-order valence-corrected chi connectivity index (χ2v) is 10.2. The van der Waals surface area contributed by atoms with Crippen molar-refractivity contribution < 1.29 is 30.4 Å². The number of alkyl halides is 3. The van der Waals surface area contributed by atoms with Crippen molar-refractivity contribution in [3.8, 4) is 10.4 Å². The van der Waals surface area contributed by atoms with E-state index in [-0.39, 0.29) is 22.7 Å². The number of halogens is 5. The highest BCUT2D eigenvalue weighted by molar-refractivity contribution is 7.90. The lowest BCUT2D eigenvalue weighted by molar-refractivity contribution is -0.0605. The molecular weight excluding hydrogens is 483 g/mol. The van der Waals surface area contributed by atoms with Crippen LogP contribution in [0.25, 0.3) is 10.4 Å². The molecule has 0 radical (unpaired) electrons. The first-order chi connectivity index (χ1) is 15.3. The van der Waals surface area contributed by atoms with E-state index in [1.807, 2.05) is 0 Å². The summed E-state index contributed by atoms with van der Waals surface area (Å²) in [5, 5.41) is 7.35. The zero-order valence-corrected chi connectivity index (χ0v) is 18.7. The molecule has 0 bridgehead atoms. The van der Waals surface area contributed by atoms with Gasteiger partial charge >= 0.3 is 6.18 Å². The number of hydrogen-bond donors (Lipinski definition) is 1. The van der Waals surface area contributed by atoms with Crippen molar-refractivity contribution in [3.63, 3.8) is 0 Å². The van der Waals surface area contributed by atoms with Crippen LogP contribution in [0.3, 0.4) is 0 Å². The van der Waals surface area contributed by atoms with Crippen molar-refractivity contribution in [1.29, 1.82) is 5.41 Å². The molecule has 1 N–H and O–H groups in total. The Kier molecular flexibility index (Phi) is 7.13. The third-order valence-corrected chi connectivity index (χ3v) is 6.87. The fraction of sp³-hybridized carbons (Fsp3) is 0.182. The standard InChI is InChI=1S/C22H17F5N2O2S2/c1-33(30,31)16-4-2-3-13(9-16)19-7-8-20(32-19)18(11-21(28)22(25,26)27)29-12-14-5-6-15(23)10-17(14)24/h2-10,28H,11-12H2,1H3. The van der Waals surface area contributed by atoms with Crippen LogP contribution in [0.1, 0.15) is 16.9 Å². The van der Waals surface area contributed by atoms with Crippen molar-refractivity contribution >= 4 is 32.6 Å². The molecule has 3 rings (SSSR count). The Balaban J connectivity index is 1.97. The smallest absolute Gasteiger partial charge is 0.300 e. The predicted molar refractivity (Wildman–Crippen MR) is 118 cm³/mol. The van der Waals surface area contributed by atoms with Crippen LogP contribution in [-0.2, 0) is 16.4 Å². The summed E-state index contributed by atoms with van der Waals surface area (Å²) in [6.07, 6.45) is -4.63. The molecule has 33 heavy (non-hydrogen) atoms. The van der Waals surface area contributed by atoms with Crippen LogP contribution in [-0.4, -0.2) is 32.3 Å². The number of nitrogens with one attached hydrogen (secondary N) is 1. The summed E-state index contributed by atoms with van der Waals surface area (Å²) < 4.78 is 89.6. The van der Waals surface area contributed by atoms with Gasteiger partial charge in [-0.3, -0.25) is 4.99 Å². The molecule has 1 aromatic heterocycles. The molecule has 11 heteroatoms. The van der Waals surface area contributed by atoms with Gasteiger partial charge in [-0.1, -0.05) is 18.2 Å². The Morgan fingerprint density at radius 3 is 2.42 bits per heavy atom. The summed E-state index contributed by atoms with van der Waals surface area (Å²) in [4.78, 5) is 5.08. The van der Waals surface area contributed by atoms with E-state index in [9.17, 15) is 30.4 Å². The molecule has 0 amide bonds. The quantitative estimate of drug-likeness (QED) is 0.317. The molecule has 4 nitrogen and oxygen atoms in total. The third kappa shape index (κ3) is 6.32. The molecule has 0 saturated heterocycles. The molecule has 0 aliphatic heterocycles. The molecule has 0 spiro atoms. The molecule has 0 saturated carbocycles. The van der Waals surface area contributed by atoms with Gasteiger partial charge < -0.3 is 5.41 Å². The summed E-state index contributed by atoms with van der Waals surface area (Å²) in [7, 11) is -3.46. The lowest BCUT2D eigenvalue weighted by Crippen LogP contribution is -2.24. The predicted octanol–water partition coefficient (Wildman–Crippen LogP) is 6.06. The summed E-state index contributed by atoms with van der Waals surface area (Å²) in [5.74, 6) is -1.67. The minimum atomic E-state index is -4.86. The average molecular weight is 501 g/mol. The number of sulfone groups is 1. The minimum Gasteiger partial charge on any atom is -0.300 e. The van der Waals surface area contributed by atoms with Crippen molar-refractivity contribution in [1.82, 2.24) is 0 Å². The summed E-state index contributed by atoms with van der Waals surface area (Å²) in [6.45, 7) is -0.344. The first-order valence-corrected chi connectivity index (χ1v) is 12.1. The topological polar surface area (TPSA) is 70.3 Å². The zero-order valence-electron chi connectivity index (χ0n) is 17.1. The molecule has 0 unspecified atom stereocenters. The molecule has 0 atom stereocenters. The Hall–Kier alpha value is -2.92. The van der Waals surface area contributed by atoms with Crippen LogP contribution in [0.15, 0.2) is 64.5 Å². The van der Waals surface area contributed by atoms with E-state index < -0.39 is 39.8 Å². The van der Waals surface area contributed by atoms with Crippen LogP contribution in [0.4, 0.5) is 22.0 Å². The molecule has 0 aliphatic carbocycles. The van der Waals surface area contributed by atoms with Crippen LogP contribution in [0.2, 0.25) is 0 Å². The van der Waals surface area contributed by atoms with Crippen LogP contribution < -0.4 is 0 Å². The van der Waals surface area contributed by atoms with Crippen molar-refractivity contribution in [2.45, 2.75) is 24.0 Å². The van der Waals surface area contributed by atoms with E-state index in [2.05, 4.69) is 4.99 Å². The summed E-state index contributed by atoms with van der Waals surface area (Å²) in [6, 6.07) is 12.0. The maximum Gasteiger partial charge on any atom is 0.429 e. The van der Waals surface area contributed by atoms with E-state index in [0.717, 1.165) is 29.7 Å². The van der Waals surface area contributed by atoms with Gasteiger partial charge in [-0.2, -0.15) is 13.2 Å². The largest absolute Gasteiger partial charge is 0.429 e. The van der Waals surface area contributed by atoms with E-state index in [1.165, 1.54) is 18.2 Å². The van der Waals surface area contributed by atoms with Gasteiger partial charge in [0.1, 0.15) is 17.3 Å². The Labute approximate surface area is 190 Å². The lowest BCUT2D eigenvalue weighted by atomic mass is 10.1. The number of benzene rings is 2. The zero-order chi connectivity index (χ0) is 24.4. The van der Waals surface area contributed by atoms with Crippen molar-refractivity contribution in [2.75, 3.05) is 6.26 Å². The van der Waals surface area contributed by atoms with E-state index in [0.29, 0.717) is 21.4 Å². The minimum absolute atomic E-state index is 0.00919. The van der Waals surface area contributed by atoms with Crippen molar-refractivity contribution in [2.24, 2.45) is 4.99 Å². The number of aliphatic imine (C=N–C) groups is 1. The fourth-order valence-electron chi connectivity index (χ4n) is 2.85. The summed E-state index contributed by atoms with van der Waals surface area (Å²) >= 11 is 1.06. The second kappa shape index (κ2) is 9.52. The fourth-order valence-corrected chi connectivity index (χ4v) is 4.52. The van der Waals surface area contributed by atoms with Gasteiger partial charge in [-0.05, 0) is 35.9 Å². The highest BCUT2D eigenvalue weighted by Crippen LogP contribution is 2.31. The van der Waals surface area contributed by atoms with Crippen LogP contribution in [0, 0.1) is 17.0 Å². The number of thiophene rings is 1. The number of nitrogens with zero attached hydrogens (tertiary/aromatic N) is 1. The third-order valence-electron chi connectivity index (χ3n) is 4.58. The SMILES string of the molecule is CS(=O)(=O)c1cccc(-c2ccc(C(CC(=N)C(F)(F)F)=NCc3ccc(F)cc3F)s2)c1. The maximum absolute atomic E-state index is 13.9. The Morgan fingerprint density at radius 1 is 1.06 bits per heavy atom. The van der Waals surface area contributed by atoms with Gasteiger partial charge in [-0.25, -0.2) is 17.2 Å². The molecule has 0 aliphatic rings. The molecular formula is C22H17F5N2O2S2. The molecule has 0 fully saturated rings. The Bertz CT molecular complexity index is 1330. The van der Waals surface area contributed by atoms with E-state index in [4.69, 9.17) is 5.41 Å². The first-order valence-electron chi connectivity index (χ1n) is 9.37. The lowest BCUT2D eigenvalue weighted by Gasteiger charge is -2.10. The highest BCUT2D eigenvalue weighted by atomic mass is 32.2. The van der Waals surface area contributed by atoms with Crippen molar-refractivity contribution in [3.05, 3.63) is 76.7 Å². The first kappa shape index (κ1) is 24.7. The van der Waals surface area contributed by atoms with Crippen LogP contribution >= 0.6 is 11.3 Å². The molecule has 1 heterocycles. The molecule has 3 aromatic rings. The number of rotatable bonds is 7. The second-order valence-electron chi connectivity index (χ2n) is 7.12. The van der Waals surface area contributed by atoms with E-state index in [1.54, 1.807) is 18.2 Å². The van der Waals surface area contributed by atoms with Gasteiger partial charge in [-0.15, -0.1) is 11.3 Å². The molecule has 174 valence electrons. The van der Waals surface area contributed by atoms with Gasteiger partial charge in [0.15, 0.2) is 9.84 Å². The van der Waals surface area contributed by atoms with E-state index >= 15 is 0 Å². The monoisotopic (exact) mass is 500 g/mol. The normalized spacial score (nSPS) is 12.7. The maximum atomic E-state index is 13.9. The average Bonchev–Trinajstić information content (AvgIpc) is 3.21. The number of hydrogen-bond acceptors (Lipinski definition) is 5. The summed E-state index contributed by atoms with van der Waals surface area (Å²) in [5.41, 5.74) is -1.07. The van der Waals surface area contributed by atoms with Gasteiger partial charge in [0.25, 0.3) is 0 Å². The highest BCUT2D eigenvalue weighted by Gasteiger charge is 2.35. The van der Waals surface area contributed by atoms with Crippen LogP contribution in [0.5, 0.6) is 0 Å². The Morgan fingerprint density at radius 2 is 1.79 bits per heavy atom. The van der Waals surface area contributed by atoms with Gasteiger partial charge in [0.2, 0.25) is 0 Å². The molecule has 2 aromatic carbocycles. The van der Waals surface area contributed by atoms with Gasteiger partial charge in [0.05, 0.1) is 17.2 Å². The van der Waals surface area contributed by atoms with Gasteiger partial charge in [0, 0.05) is 34.1 Å².